The Morgan fingerprint density at radius 1 is 1.22 bits per heavy atom. The molecule has 0 aliphatic rings. The maximum Gasteiger partial charge on any atom is 0.262 e. The van der Waals surface area contributed by atoms with Gasteiger partial charge in [0, 0.05) is 16.6 Å². The highest BCUT2D eigenvalue weighted by atomic mass is 35.5. The van der Waals surface area contributed by atoms with Crippen molar-refractivity contribution >= 4 is 44.7 Å². The number of aryl methyl sites for hydroxylation is 1. The molecule has 3 N–H and O–H groups in total. The van der Waals surface area contributed by atoms with Crippen LogP contribution in [0.1, 0.15) is 27.3 Å². The molecule has 0 fully saturated rings. The number of nitriles is 1. The van der Waals surface area contributed by atoms with Gasteiger partial charge < -0.3 is 11.1 Å². The molecule has 0 aliphatic heterocycles. The first-order valence-electron chi connectivity index (χ1n) is 9.58. The number of aromatic nitrogens is 2. The van der Waals surface area contributed by atoms with Gasteiger partial charge in [0.05, 0.1) is 16.4 Å². The van der Waals surface area contributed by atoms with Crippen molar-refractivity contribution in [1.29, 1.82) is 5.26 Å². The molecule has 0 saturated heterocycles. The molecule has 6 nitrogen and oxygen atoms in total. The van der Waals surface area contributed by atoms with Crippen LogP contribution >= 0.6 is 22.9 Å². The Bertz CT molecular complexity index is 1360. The Hall–Kier alpha value is -3.48. The van der Waals surface area contributed by atoms with Gasteiger partial charge in [-0.2, -0.15) is 10.4 Å². The predicted octanol–water partition coefficient (Wildman–Crippen LogP) is 4.84. The first-order valence-corrected chi connectivity index (χ1v) is 10.8. The molecule has 10 heteroatoms. The van der Waals surface area contributed by atoms with Crippen molar-refractivity contribution in [2.75, 3.05) is 12.3 Å². The lowest BCUT2D eigenvalue weighted by Gasteiger charge is -2.04. The molecule has 1 amide bonds. The minimum atomic E-state index is -0.394. The second kappa shape index (κ2) is 8.94. The minimum Gasteiger partial charge on any atom is -0.382 e. The van der Waals surface area contributed by atoms with E-state index in [2.05, 4.69) is 16.5 Å². The highest BCUT2D eigenvalue weighted by Gasteiger charge is 2.19. The highest BCUT2D eigenvalue weighted by molar-refractivity contribution is 7.21. The number of hydrogen-bond acceptors (Lipinski definition) is 5. The number of rotatable bonds is 6. The molecule has 32 heavy (non-hydrogen) atoms. The molecule has 0 aliphatic carbocycles. The van der Waals surface area contributed by atoms with Crippen LogP contribution in [0.4, 0.5) is 14.6 Å². The number of carbonyl (C=O) groups is 1. The topological polar surface area (TPSA) is 96.7 Å². The summed E-state index contributed by atoms with van der Waals surface area (Å²) in [6, 6.07) is 11.8. The van der Waals surface area contributed by atoms with E-state index in [4.69, 9.17) is 17.3 Å². The predicted molar refractivity (Wildman–Crippen MR) is 120 cm³/mol. The van der Waals surface area contributed by atoms with E-state index in [-0.39, 0.29) is 23.1 Å². The number of carbonyl (C=O) groups excluding carboxylic acids is 1. The summed E-state index contributed by atoms with van der Waals surface area (Å²) in [6.07, 6.45) is 0.893. The lowest BCUT2D eigenvalue weighted by atomic mass is 10.1. The number of thiophene rings is 1. The number of anilines is 1. The highest BCUT2D eigenvalue weighted by Crippen LogP contribution is 2.35. The molecule has 0 unspecified atom stereocenters. The van der Waals surface area contributed by atoms with E-state index in [0.29, 0.717) is 50.8 Å². The van der Waals surface area contributed by atoms with Gasteiger partial charge in [0.1, 0.15) is 34.0 Å². The Morgan fingerprint density at radius 3 is 2.66 bits per heavy atom. The lowest BCUT2D eigenvalue weighted by molar-refractivity contribution is 0.0957. The summed E-state index contributed by atoms with van der Waals surface area (Å²) in [5, 5.41) is 17.6. The summed E-state index contributed by atoms with van der Waals surface area (Å²) < 4.78 is 28.6. The van der Waals surface area contributed by atoms with Gasteiger partial charge in [-0.1, -0.05) is 11.6 Å². The van der Waals surface area contributed by atoms with Crippen molar-refractivity contribution in [2.45, 2.75) is 12.8 Å². The van der Waals surface area contributed by atoms with E-state index >= 15 is 0 Å². The molecule has 0 spiro atoms. The summed E-state index contributed by atoms with van der Waals surface area (Å²) in [6.45, 7) is 0.311. The number of halogens is 3. The quantitative estimate of drug-likeness (QED) is 0.393. The number of hydrogen-bond donors (Lipinski definition) is 2. The number of nitrogens with zero attached hydrogens (tertiary/aromatic N) is 3. The van der Waals surface area contributed by atoms with Gasteiger partial charge >= 0.3 is 0 Å². The zero-order chi connectivity index (χ0) is 22.8. The van der Waals surface area contributed by atoms with Crippen LogP contribution < -0.4 is 11.1 Å². The fourth-order valence-corrected chi connectivity index (χ4v) is 4.74. The summed E-state index contributed by atoms with van der Waals surface area (Å²) >= 11 is 7.41. The van der Waals surface area contributed by atoms with E-state index in [9.17, 15) is 18.8 Å². The number of amides is 1. The monoisotopic (exact) mass is 471 g/mol. The van der Waals surface area contributed by atoms with Crippen LogP contribution in [0.5, 0.6) is 0 Å². The first kappa shape index (κ1) is 21.7. The smallest absolute Gasteiger partial charge is 0.262 e. The molecule has 0 bridgehead atoms. The van der Waals surface area contributed by atoms with Gasteiger partial charge in [-0.15, -0.1) is 11.3 Å². The summed E-state index contributed by atoms with van der Waals surface area (Å²) in [5.74, 6) is -0.967. The third-order valence-electron chi connectivity index (χ3n) is 4.85. The Labute approximate surface area is 190 Å². The van der Waals surface area contributed by atoms with Gasteiger partial charge in [-0.05, 0) is 55.3 Å². The van der Waals surface area contributed by atoms with Crippen LogP contribution in [0.2, 0.25) is 5.02 Å². The molecule has 0 atom stereocenters. The van der Waals surface area contributed by atoms with E-state index in [1.54, 1.807) is 6.07 Å². The van der Waals surface area contributed by atoms with E-state index in [0.717, 1.165) is 11.3 Å². The van der Waals surface area contributed by atoms with Crippen molar-refractivity contribution in [3.05, 3.63) is 75.3 Å². The minimum absolute atomic E-state index is 0.169. The van der Waals surface area contributed by atoms with Gasteiger partial charge in [-0.3, -0.25) is 4.79 Å². The number of fused-ring (bicyclic) bond motifs is 1. The lowest BCUT2D eigenvalue weighted by Crippen LogP contribution is -2.24. The Morgan fingerprint density at radius 2 is 1.94 bits per heavy atom. The van der Waals surface area contributed by atoms with Crippen LogP contribution in [0.3, 0.4) is 0 Å². The van der Waals surface area contributed by atoms with E-state index in [1.807, 2.05) is 0 Å². The largest absolute Gasteiger partial charge is 0.382 e. The molecule has 4 rings (SSSR count). The first-order chi connectivity index (χ1) is 15.4. The van der Waals surface area contributed by atoms with E-state index < -0.39 is 5.82 Å². The van der Waals surface area contributed by atoms with Crippen LogP contribution in [0, 0.1) is 23.0 Å². The third-order valence-corrected chi connectivity index (χ3v) is 6.51. The molecule has 2 aromatic heterocycles. The second-order valence-corrected chi connectivity index (χ2v) is 8.38. The maximum absolute atomic E-state index is 13.4. The SMILES string of the molecule is N#Cc1c(CCCNC(=O)c2sc3cc(F)ccc3c2Cl)nn(-c2ccc(F)cc2)c1N. The van der Waals surface area contributed by atoms with Gasteiger partial charge in [0.25, 0.3) is 5.91 Å². The van der Waals surface area contributed by atoms with Crippen molar-refractivity contribution in [2.24, 2.45) is 0 Å². The van der Waals surface area contributed by atoms with Gasteiger partial charge in [-0.25, -0.2) is 13.5 Å². The standard InChI is InChI=1S/C22H16ClF2N5OS/c23-19-15-8-5-13(25)10-18(15)32-20(19)22(31)28-9-1-2-17-16(11-26)21(27)30(29-17)14-6-3-12(24)4-7-14/h3-8,10H,1-2,9,27H2,(H,28,31). The molecular weight excluding hydrogens is 456 g/mol. The molecule has 162 valence electrons. The second-order valence-electron chi connectivity index (χ2n) is 6.95. The number of benzene rings is 2. The molecule has 2 heterocycles. The average molecular weight is 472 g/mol. The molecular formula is C22H16ClF2N5OS. The normalized spacial score (nSPS) is 10.9. The summed E-state index contributed by atoms with van der Waals surface area (Å²) in [7, 11) is 0. The van der Waals surface area contributed by atoms with E-state index in [1.165, 1.54) is 41.1 Å². The van der Waals surface area contributed by atoms with Crippen molar-refractivity contribution in [3.8, 4) is 11.8 Å². The molecule has 0 radical (unpaired) electrons. The fraction of sp³-hybridized carbons (Fsp3) is 0.136. The van der Waals surface area contributed by atoms with Gasteiger partial charge in [0.15, 0.2) is 0 Å². The number of nitrogens with two attached hydrogens (primary N) is 1. The third kappa shape index (κ3) is 4.15. The Balaban J connectivity index is 1.42. The van der Waals surface area contributed by atoms with Crippen LogP contribution in [0.25, 0.3) is 15.8 Å². The zero-order valence-electron chi connectivity index (χ0n) is 16.5. The summed E-state index contributed by atoms with van der Waals surface area (Å²) in [5.41, 5.74) is 7.32. The van der Waals surface area contributed by atoms with Crippen molar-refractivity contribution in [1.82, 2.24) is 15.1 Å². The zero-order valence-corrected chi connectivity index (χ0v) is 18.1. The van der Waals surface area contributed by atoms with Gasteiger partial charge in [0.2, 0.25) is 0 Å². The fourth-order valence-electron chi connectivity index (χ4n) is 3.28. The number of nitrogen functional groups attached to an aromatic ring is 1. The number of nitrogens with one attached hydrogen (secondary N) is 1. The Kier molecular flexibility index (Phi) is 6.08. The van der Waals surface area contributed by atoms with Crippen LogP contribution in [-0.2, 0) is 6.42 Å². The van der Waals surface area contributed by atoms with Crippen LogP contribution in [0.15, 0.2) is 42.5 Å². The van der Waals surface area contributed by atoms with Crippen molar-refractivity contribution < 1.29 is 13.6 Å². The average Bonchev–Trinajstić information content (AvgIpc) is 3.27. The maximum atomic E-state index is 13.4. The van der Waals surface area contributed by atoms with Crippen LogP contribution in [-0.4, -0.2) is 22.2 Å². The van der Waals surface area contributed by atoms with Crippen molar-refractivity contribution in [3.63, 3.8) is 0 Å². The molecule has 2 aromatic carbocycles. The molecule has 4 aromatic rings. The summed E-state index contributed by atoms with van der Waals surface area (Å²) in [4.78, 5) is 12.8. The molecule has 0 saturated carbocycles.